The van der Waals surface area contributed by atoms with E-state index in [4.69, 9.17) is 0 Å². The van der Waals surface area contributed by atoms with Crippen molar-refractivity contribution in [3.63, 3.8) is 0 Å². The molecular formula is C24H18BrN. The number of nitrogens with zero attached hydrogens (tertiary/aromatic N) is 1. The van der Waals surface area contributed by atoms with Gasteiger partial charge in [0.2, 0.25) is 0 Å². The number of para-hydroxylation sites is 1. The predicted molar refractivity (Wildman–Crippen MR) is 114 cm³/mol. The number of allylic oxidation sites excluding steroid dienone is 4. The van der Waals surface area contributed by atoms with Crippen molar-refractivity contribution in [1.29, 1.82) is 0 Å². The van der Waals surface area contributed by atoms with E-state index < -0.39 is 0 Å². The molecule has 0 saturated heterocycles. The molecule has 3 aromatic carbocycles. The third-order valence-corrected chi connectivity index (χ3v) is 5.69. The van der Waals surface area contributed by atoms with Gasteiger partial charge in [0.05, 0.1) is 11.0 Å². The predicted octanol–water partition coefficient (Wildman–Crippen LogP) is 7.14. The highest BCUT2D eigenvalue weighted by Crippen LogP contribution is 2.36. The number of aromatic nitrogens is 1. The van der Waals surface area contributed by atoms with Crippen LogP contribution in [-0.4, -0.2) is 4.57 Å². The van der Waals surface area contributed by atoms with Gasteiger partial charge in [0.25, 0.3) is 0 Å². The zero-order valence-electron chi connectivity index (χ0n) is 14.3. The fraction of sp³-hybridized carbons (Fsp3) is 0.0833. The van der Waals surface area contributed by atoms with E-state index in [0.29, 0.717) is 5.92 Å². The second kappa shape index (κ2) is 6.30. The topological polar surface area (TPSA) is 4.93 Å². The van der Waals surface area contributed by atoms with Crippen molar-refractivity contribution in [3.8, 4) is 0 Å². The molecule has 1 unspecified atom stereocenters. The molecule has 0 N–H and O–H groups in total. The molecule has 1 atom stereocenters. The van der Waals surface area contributed by atoms with Crippen molar-refractivity contribution in [2.24, 2.45) is 0 Å². The molecule has 0 aliphatic heterocycles. The van der Waals surface area contributed by atoms with Crippen LogP contribution in [0.15, 0.2) is 95.5 Å². The van der Waals surface area contributed by atoms with Crippen LogP contribution in [0.2, 0.25) is 0 Å². The Kier molecular flexibility index (Phi) is 3.79. The molecule has 1 aliphatic rings. The lowest BCUT2D eigenvalue weighted by Gasteiger charge is -2.18. The molecular weight excluding hydrogens is 382 g/mol. The van der Waals surface area contributed by atoms with Crippen molar-refractivity contribution < 1.29 is 0 Å². The second-order valence-electron chi connectivity index (χ2n) is 6.76. The van der Waals surface area contributed by atoms with E-state index in [2.05, 4.69) is 112 Å². The maximum Gasteiger partial charge on any atom is 0.0541 e. The molecule has 2 heteroatoms. The van der Waals surface area contributed by atoms with E-state index in [9.17, 15) is 0 Å². The van der Waals surface area contributed by atoms with Crippen molar-refractivity contribution in [2.45, 2.75) is 12.3 Å². The minimum Gasteiger partial charge on any atom is -0.310 e. The van der Waals surface area contributed by atoms with E-state index >= 15 is 0 Å². The SMILES string of the molecule is Brc1ccc2c(c1)c1ccccc1n2C1=CCC(c2ccccc2)C=C1. The lowest BCUT2D eigenvalue weighted by Crippen LogP contribution is -2.02. The van der Waals surface area contributed by atoms with E-state index in [1.165, 1.54) is 33.1 Å². The van der Waals surface area contributed by atoms with Gasteiger partial charge in [0.15, 0.2) is 0 Å². The Morgan fingerprint density at radius 2 is 1.58 bits per heavy atom. The summed E-state index contributed by atoms with van der Waals surface area (Å²) in [5.41, 5.74) is 5.15. The van der Waals surface area contributed by atoms with Gasteiger partial charge in [0, 0.05) is 26.9 Å². The van der Waals surface area contributed by atoms with Crippen molar-refractivity contribution >= 4 is 43.4 Å². The van der Waals surface area contributed by atoms with Crippen LogP contribution in [0.5, 0.6) is 0 Å². The van der Waals surface area contributed by atoms with Crippen LogP contribution in [0.1, 0.15) is 17.9 Å². The summed E-state index contributed by atoms with van der Waals surface area (Å²) in [6, 6.07) is 25.9. The summed E-state index contributed by atoms with van der Waals surface area (Å²) < 4.78 is 3.50. The molecule has 0 bridgehead atoms. The fourth-order valence-corrected chi connectivity index (χ4v) is 4.31. The molecule has 26 heavy (non-hydrogen) atoms. The summed E-state index contributed by atoms with van der Waals surface area (Å²) in [5.74, 6) is 0.460. The first kappa shape index (κ1) is 15.7. The molecule has 1 aliphatic carbocycles. The van der Waals surface area contributed by atoms with E-state index in [1.54, 1.807) is 0 Å². The normalized spacial score (nSPS) is 17.0. The third kappa shape index (κ3) is 2.53. The van der Waals surface area contributed by atoms with Crippen molar-refractivity contribution in [2.75, 3.05) is 0 Å². The van der Waals surface area contributed by atoms with Crippen LogP contribution >= 0.6 is 15.9 Å². The minimum atomic E-state index is 0.460. The van der Waals surface area contributed by atoms with Gasteiger partial charge in [-0.2, -0.15) is 0 Å². The summed E-state index contributed by atoms with van der Waals surface area (Å²) >= 11 is 3.62. The van der Waals surface area contributed by atoms with Crippen molar-refractivity contribution in [3.05, 3.63) is 101 Å². The maximum atomic E-state index is 3.62. The fourth-order valence-electron chi connectivity index (χ4n) is 3.95. The van der Waals surface area contributed by atoms with Crippen LogP contribution in [0.3, 0.4) is 0 Å². The molecule has 126 valence electrons. The van der Waals surface area contributed by atoms with Gasteiger partial charge >= 0.3 is 0 Å². The molecule has 5 rings (SSSR count). The van der Waals surface area contributed by atoms with Crippen LogP contribution in [0, 0.1) is 0 Å². The Morgan fingerprint density at radius 1 is 0.808 bits per heavy atom. The van der Waals surface area contributed by atoms with Gasteiger partial charge < -0.3 is 4.57 Å². The average molecular weight is 400 g/mol. The van der Waals surface area contributed by atoms with Crippen LogP contribution in [-0.2, 0) is 0 Å². The number of fused-ring (bicyclic) bond motifs is 3. The molecule has 1 aromatic heterocycles. The standard InChI is InChI=1S/C24H18BrN/c25-19-12-15-24-22(16-19)21-8-4-5-9-23(21)26(24)20-13-10-18(11-14-20)17-6-2-1-3-7-17/h1-10,12-16,18H,11H2. The summed E-state index contributed by atoms with van der Waals surface area (Å²) in [4.78, 5) is 0. The number of rotatable bonds is 2. The molecule has 1 heterocycles. The summed E-state index contributed by atoms with van der Waals surface area (Å²) in [5, 5.41) is 2.58. The number of halogens is 1. The Hall–Kier alpha value is -2.58. The first-order chi connectivity index (χ1) is 12.8. The van der Waals surface area contributed by atoms with Gasteiger partial charge in [0.1, 0.15) is 0 Å². The van der Waals surface area contributed by atoms with E-state index in [0.717, 1.165) is 10.9 Å². The summed E-state index contributed by atoms with van der Waals surface area (Å²) in [6.07, 6.45) is 8.01. The van der Waals surface area contributed by atoms with Gasteiger partial charge in [-0.25, -0.2) is 0 Å². The largest absolute Gasteiger partial charge is 0.310 e. The number of benzene rings is 3. The molecule has 4 aromatic rings. The maximum absolute atomic E-state index is 3.62. The Labute approximate surface area is 161 Å². The second-order valence-corrected chi connectivity index (χ2v) is 7.67. The number of hydrogen-bond acceptors (Lipinski definition) is 0. The van der Waals surface area contributed by atoms with Crippen LogP contribution < -0.4 is 0 Å². The monoisotopic (exact) mass is 399 g/mol. The molecule has 0 saturated carbocycles. The molecule has 1 nitrogen and oxygen atoms in total. The first-order valence-corrected chi connectivity index (χ1v) is 9.73. The molecule has 0 amide bonds. The highest BCUT2D eigenvalue weighted by Gasteiger charge is 2.16. The van der Waals surface area contributed by atoms with Gasteiger partial charge in [-0.15, -0.1) is 0 Å². The van der Waals surface area contributed by atoms with Gasteiger partial charge in [-0.1, -0.05) is 76.6 Å². The van der Waals surface area contributed by atoms with Gasteiger partial charge in [-0.05, 0) is 42.3 Å². The molecule has 0 radical (unpaired) electrons. The third-order valence-electron chi connectivity index (χ3n) is 5.20. The van der Waals surface area contributed by atoms with Crippen molar-refractivity contribution in [1.82, 2.24) is 4.57 Å². The Bertz CT molecular complexity index is 1160. The number of hydrogen-bond donors (Lipinski definition) is 0. The van der Waals surface area contributed by atoms with E-state index in [1.807, 2.05) is 0 Å². The molecule has 0 fully saturated rings. The Morgan fingerprint density at radius 3 is 2.38 bits per heavy atom. The van der Waals surface area contributed by atoms with Crippen LogP contribution in [0.25, 0.3) is 27.5 Å². The summed E-state index contributed by atoms with van der Waals surface area (Å²) in [7, 11) is 0. The zero-order chi connectivity index (χ0) is 17.5. The first-order valence-electron chi connectivity index (χ1n) is 8.94. The smallest absolute Gasteiger partial charge is 0.0541 e. The lowest BCUT2D eigenvalue weighted by atomic mass is 9.92. The van der Waals surface area contributed by atoms with E-state index in [-0.39, 0.29) is 0 Å². The lowest BCUT2D eigenvalue weighted by molar-refractivity contribution is 0.850. The molecule has 0 spiro atoms. The quantitative estimate of drug-likeness (QED) is 0.337. The highest BCUT2D eigenvalue weighted by atomic mass is 79.9. The Balaban J connectivity index is 1.63. The van der Waals surface area contributed by atoms with Crippen LogP contribution in [0.4, 0.5) is 0 Å². The average Bonchev–Trinajstić information content (AvgIpc) is 3.02. The zero-order valence-corrected chi connectivity index (χ0v) is 15.9. The minimum absolute atomic E-state index is 0.460. The summed E-state index contributed by atoms with van der Waals surface area (Å²) in [6.45, 7) is 0. The van der Waals surface area contributed by atoms with Gasteiger partial charge in [-0.3, -0.25) is 0 Å². The highest BCUT2D eigenvalue weighted by molar-refractivity contribution is 9.10.